The average Bonchev–Trinajstić information content (AvgIpc) is 2.28. The first-order valence-electron chi connectivity index (χ1n) is 6.00. The van der Waals surface area contributed by atoms with Crippen molar-refractivity contribution in [1.29, 1.82) is 0 Å². The van der Waals surface area contributed by atoms with Crippen LogP contribution in [0.4, 0.5) is 5.95 Å². The standard InChI is InChI=1S/C12H20N4O/c1-9-6-11(8-17)14-12(13-9)16-5-4-15(3)7-10(16)2/h6,10,17H,4-5,7-8H2,1-3H3. The molecule has 2 heterocycles. The Hall–Kier alpha value is -1.20. The topological polar surface area (TPSA) is 52.5 Å². The largest absolute Gasteiger partial charge is 0.390 e. The van der Waals surface area contributed by atoms with E-state index in [1.54, 1.807) is 0 Å². The zero-order chi connectivity index (χ0) is 12.4. The van der Waals surface area contributed by atoms with Crippen LogP contribution in [0.2, 0.25) is 0 Å². The molecule has 1 aliphatic rings. The van der Waals surface area contributed by atoms with E-state index in [9.17, 15) is 5.11 Å². The maximum absolute atomic E-state index is 9.18. The lowest BCUT2D eigenvalue weighted by molar-refractivity contribution is 0.269. The number of hydrogen-bond donors (Lipinski definition) is 1. The summed E-state index contributed by atoms with van der Waals surface area (Å²) in [7, 11) is 2.13. The number of aliphatic hydroxyl groups excluding tert-OH is 1. The van der Waals surface area contributed by atoms with E-state index < -0.39 is 0 Å². The summed E-state index contributed by atoms with van der Waals surface area (Å²) in [5, 5.41) is 9.18. The number of piperazine rings is 1. The number of aliphatic hydroxyl groups is 1. The Kier molecular flexibility index (Phi) is 3.59. The van der Waals surface area contributed by atoms with Crippen molar-refractivity contribution in [3.8, 4) is 0 Å². The van der Waals surface area contributed by atoms with Gasteiger partial charge in [-0.05, 0) is 27.0 Å². The zero-order valence-corrected chi connectivity index (χ0v) is 10.7. The Labute approximate surface area is 102 Å². The van der Waals surface area contributed by atoms with Gasteiger partial charge in [-0.15, -0.1) is 0 Å². The molecular formula is C12H20N4O. The van der Waals surface area contributed by atoms with Crippen LogP contribution in [0.15, 0.2) is 6.07 Å². The molecule has 17 heavy (non-hydrogen) atoms. The monoisotopic (exact) mass is 236 g/mol. The van der Waals surface area contributed by atoms with Gasteiger partial charge in [-0.2, -0.15) is 0 Å². The molecule has 0 saturated carbocycles. The summed E-state index contributed by atoms with van der Waals surface area (Å²) in [6, 6.07) is 2.23. The Morgan fingerprint density at radius 2 is 2.18 bits per heavy atom. The fourth-order valence-corrected chi connectivity index (χ4v) is 2.26. The molecule has 0 aromatic carbocycles. The van der Waals surface area contributed by atoms with Crippen molar-refractivity contribution < 1.29 is 5.11 Å². The number of likely N-dealkylation sites (N-methyl/N-ethyl adjacent to an activating group) is 1. The van der Waals surface area contributed by atoms with Crippen LogP contribution >= 0.6 is 0 Å². The second kappa shape index (κ2) is 4.98. The van der Waals surface area contributed by atoms with Gasteiger partial charge in [-0.1, -0.05) is 0 Å². The maximum Gasteiger partial charge on any atom is 0.226 e. The molecule has 1 aromatic heterocycles. The molecule has 1 fully saturated rings. The maximum atomic E-state index is 9.18. The van der Waals surface area contributed by atoms with Gasteiger partial charge < -0.3 is 14.9 Å². The molecule has 0 bridgehead atoms. The zero-order valence-electron chi connectivity index (χ0n) is 10.7. The first-order valence-corrected chi connectivity index (χ1v) is 6.00. The SMILES string of the molecule is Cc1cc(CO)nc(N2CCN(C)CC2C)n1. The molecule has 1 aromatic rings. The third kappa shape index (κ3) is 2.73. The van der Waals surface area contributed by atoms with Crippen LogP contribution in [-0.4, -0.2) is 52.7 Å². The summed E-state index contributed by atoms with van der Waals surface area (Å²) in [5.74, 6) is 0.745. The number of hydrogen-bond acceptors (Lipinski definition) is 5. The van der Waals surface area contributed by atoms with Crippen LogP contribution < -0.4 is 4.90 Å². The summed E-state index contributed by atoms with van der Waals surface area (Å²) in [4.78, 5) is 13.4. The van der Waals surface area contributed by atoms with E-state index in [-0.39, 0.29) is 6.61 Å². The van der Waals surface area contributed by atoms with Gasteiger partial charge in [0.25, 0.3) is 0 Å². The molecular weight excluding hydrogens is 216 g/mol. The molecule has 0 radical (unpaired) electrons. The second-order valence-corrected chi connectivity index (χ2v) is 4.76. The minimum Gasteiger partial charge on any atom is -0.390 e. The molecule has 1 atom stereocenters. The first-order chi connectivity index (χ1) is 8.10. The van der Waals surface area contributed by atoms with Gasteiger partial charge in [-0.25, -0.2) is 9.97 Å². The molecule has 1 saturated heterocycles. The number of aromatic nitrogens is 2. The average molecular weight is 236 g/mol. The Morgan fingerprint density at radius 1 is 1.41 bits per heavy atom. The summed E-state index contributed by atoms with van der Waals surface area (Å²) in [5.41, 5.74) is 1.60. The second-order valence-electron chi connectivity index (χ2n) is 4.76. The molecule has 2 rings (SSSR count). The van der Waals surface area contributed by atoms with Gasteiger partial charge in [0.05, 0.1) is 12.3 Å². The van der Waals surface area contributed by atoms with E-state index in [2.05, 4.69) is 33.7 Å². The third-order valence-corrected chi connectivity index (χ3v) is 3.14. The smallest absolute Gasteiger partial charge is 0.226 e. The fourth-order valence-electron chi connectivity index (χ4n) is 2.26. The highest BCUT2D eigenvalue weighted by atomic mass is 16.3. The Morgan fingerprint density at radius 3 is 2.82 bits per heavy atom. The Balaban J connectivity index is 2.24. The van der Waals surface area contributed by atoms with Crippen LogP contribution in [0.25, 0.3) is 0 Å². The van der Waals surface area contributed by atoms with Gasteiger partial charge in [-0.3, -0.25) is 0 Å². The van der Waals surface area contributed by atoms with Crippen LogP contribution in [0.5, 0.6) is 0 Å². The molecule has 1 aliphatic heterocycles. The molecule has 0 amide bonds. The number of anilines is 1. The van der Waals surface area contributed by atoms with Gasteiger partial charge in [0.1, 0.15) is 0 Å². The predicted octanol–water partition coefficient (Wildman–Crippen LogP) is 0.418. The highest BCUT2D eigenvalue weighted by molar-refractivity contribution is 5.34. The normalized spacial score (nSPS) is 21.9. The molecule has 0 spiro atoms. The van der Waals surface area contributed by atoms with E-state index in [1.807, 2.05) is 13.0 Å². The summed E-state index contributed by atoms with van der Waals surface area (Å²) < 4.78 is 0. The van der Waals surface area contributed by atoms with Crippen molar-refractivity contribution in [2.24, 2.45) is 0 Å². The number of nitrogens with zero attached hydrogens (tertiary/aromatic N) is 4. The van der Waals surface area contributed by atoms with Crippen molar-refractivity contribution >= 4 is 5.95 Å². The lowest BCUT2D eigenvalue weighted by atomic mass is 10.2. The van der Waals surface area contributed by atoms with Crippen LogP contribution in [-0.2, 0) is 6.61 Å². The minimum atomic E-state index is -0.0293. The van der Waals surface area contributed by atoms with E-state index in [1.165, 1.54) is 0 Å². The molecule has 5 nitrogen and oxygen atoms in total. The predicted molar refractivity (Wildman–Crippen MR) is 67.0 cm³/mol. The Bertz CT molecular complexity index is 396. The lowest BCUT2D eigenvalue weighted by Crippen LogP contribution is -2.51. The fraction of sp³-hybridized carbons (Fsp3) is 0.667. The van der Waals surface area contributed by atoms with Gasteiger partial charge in [0.15, 0.2) is 0 Å². The van der Waals surface area contributed by atoms with E-state index in [4.69, 9.17) is 0 Å². The van der Waals surface area contributed by atoms with Crippen molar-refractivity contribution in [2.75, 3.05) is 31.6 Å². The number of aryl methyl sites for hydroxylation is 1. The van der Waals surface area contributed by atoms with Crippen LogP contribution in [0.1, 0.15) is 18.3 Å². The molecule has 1 unspecified atom stereocenters. The van der Waals surface area contributed by atoms with E-state index >= 15 is 0 Å². The molecule has 1 N–H and O–H groups in total. The van der Waals surface area contributed by atoms with Gasteiger partial charge in [0.2, 0.25) is 5.95 Å². The van der Waals surface area contributed by atoms with Crippen LogP contribution in [0.3, 0.4) is 0 Å². The highest BCUT2D eigenvalue weighted by Gasteiger charge is 2.23. The summed E-state index contributed by atoms with van der Waals surface area (Å²) >= 11 is 0. The van der Waals surface area contributed by atoms with Crippen molar-refractivity contribution in [3.63, 3.8) is 0 Å². The van der Waals surface area contributed by atoms with Gasteiger partial charge in [0, 0.05) is 31.4 Å². The van der Waals surface area contributed by atoms with Gasteiger partial charge >= 0.3 is 0 Å². The lowest BCUT2D eigenvalue weighted by Gasteiger charge is -2.38. The van der Waals surface area contributed by atoms with E-state index in [0.717, 1.165) is 31.3 Å². The summed E-state index contributed by atoms with van der Waals surface area (Å²) in [6.07, 6.45) is 0. The van der Waals surface area contributed by atoms with Crippen molar-refractivity contribution in [2.45, 2.75) is 26.5 Å². The third-order valence-electron chi connectivity index (χ3n) is 3.14. The molecule has 0 aliphatic carbocycles. The van der Waals surface area contributed by atoms with E-state index in [0.29, 0.717) is 11.7 Å². The first kappa shape index (κ1) is 12.3. The van der Waals surface area contributed by atoms with Crippen molar-refractivity contribution in [1.82, 2.24) is 14.9 Å². The molecule has 94 valence electrons. The van der Waals surface area contributed by atoms with Crippen molar-refractivity contribution in [3.05, 3.63) is 17.5 Å². The minimum absolute atomic E-state index is 0.0293. The number of rotatable bonds is 2. The highest BCUT2D eigenvalue weighted by Crippen LogP contribution is 2.16. The molecule has 5 heteroatoms. The quantitative estimate of drug-likeness (QED) is 0.806. The van der Waals surface area contributed by atoms with Crippen LogP contribution in [0, 0.1) is 6.92 Å². The summed E-state index contributed by atoms with van der Waals surface area (Å²) in [6.45, 7) is 7.07.